The van der Waals surface area contributed by atoms with Crippen LogP contribution in [0.15, 0.2) is 30.3 Å². The first-order valence-corrected chi connectivity index (χ1v) is 14.9. The molecule has 7 heteroatoms. The molecule has 4 nitrogen and oxygen atoms in total. The van der Waals surface area contributed by atoms with Crippen LogP contribution in [0.5, 0.6) is 0 Å². The Bertz CT molecular complexity index is 687. The van der Waals surface area contributed by atoms with Gasteiger partial charge in [-0.2, -0.15) is 8.42 Å². The summed E-state index contributed by atoms with van der Waals surface area (Å²) in [5.74, 6) is 0.266. The van der Waals surface area contributed by atoms with E-state index in [9.17, 15) is 13.0 Å². The fourth-order valence-electron chi connectivity index (χ4n) is 3.77. The molecule has 0 aliphatic carbocycles. The average Bonchev–Trinajstić information content (AvgIpc) is 2.68. The summed E-state index contributed by atoms with van der Waals surface area (Å²) in [4.78, 5) is 0. The average molecular weight is 469 g/mol. The van der Waals surface area contributed by atoms with Crippen molar-refractivity contribution in [2.45, 2.75) is 84.8 Å². The van der Waals surface area contributed by atoms with Gasteiger partial charge in [-0.15, -0.1) is 0 Å². The zero-order chi connectivity index (χ0) is 21.8. The zero-order valence-corrected chi connectivity index (χ0v) is 20.5. The number of hydrogen-bond acceptors (Lipinski definition) is 4. The normalized spacial score (nSPS) is 15.7. The van der Waals surface area contributed by atoms with E-state index in [0.29, 0.717) is 17.9 Å². The van der Waals surface area contributed by atoms with Gasteiger partial charge in [0.1, 0.15) is 5.75 Å². The Labute approximate surface area is 207 Å². The van der Waals surface area contributed by atoms with Crippen LogP contribution < -0.4 is 0 Å². The molecule has 0 heterocycles. The van der Waals surface area contributed by atoms with Gasteiger partial charge in [-0.3, -0.25) is 4.57 Å². The number of rotatable bonds is 16. The van der Waals surface area contributed by atoms with E-state index in [1.54, 1.807) is 24.3 Å². The molecule has 1 aromatic carbocycles. The van der Waals surface area contributed by atoms with Crippen LogP contribution >= 0.6 is 7.37 Å². The Morgan fingerprint density at radius 2 is 1.33 bits per heavy atom. The third kappa shape index (κ3) is 12.4. The van der Waals surface area contributed by atoms with Crippen molar-refractivity contribution in [2.75, 3.05) is 12.3 Å². The Morgan fingerprint density at radius 3 is 1.73 bits per heavy atom. The van der Waals surface area contributed by atoms with Gasteiger partial charge in [0.2, 0.25) is 7.37 Å². The number of hydrogen-bond donors (Lipinski definition) is 0. The molecule has 0 bridgehead atoms. The first-order chi connectivity index (χ1) is 13.8. The molecule has 1 aromatic rings. The third-order valence-electron chi connectivity index (χ3n) is 5.59. The van der Waals surface area contributed by atoms with E-state index in [-0.39, 0.29) is 47.1 Å². The third-order valence-corrected chi connectivity index (χ3v) is 10.4. The molecular weight excluding hydrogens is 426 g/mol. The summed E-state index contributed by atoms with van der Waals surface area (Å²) < 4.78 is 45.0. The summed E-state index contributed by atoms with van der Waals surface area (Å²) in [6, 6.07) is 8.98. The van der Waals surface area contributed by atoms with Crippen molar-refractivity contribution in [2.24, 2.45) is 11.8 Å². The molecule has 0 aliphatic heterocycles. The molecule has 0 spiro atoms. The second-order valence-electron chi connectivity index (χ2n) is 8.27. The van der Waals surface area contributed by atoms with Gasteiger partial charge < -0.3 is 0 Å². The van der Waals surface area contributed by atoms with Gasteiger partial charge in [0, 0.05) is 12.3 Å². The van der Waals surface area contributed by atoms with E-state index < -0.39 is 17.5 Å². The standard InChI is InChI=1S/C23H41O4PS.Na.H/c1-5-9-14-21(7-3)18-28(24,19-22(8-4)15-10-6-2)27-29(25,26)20-23-16-12-11-13-17-23;;/h11-13,16-17,21-22H,5-10,14-15,18-20H2,1-4H3;;. The molecule has 0 saturated heterocycles. The van der Waals surface area contributed by atoms with Crippen molar-refractivity contribution in [1.29, 1.82) is 0 Å². The molecule has 0 N–H and O–H groups in total. The van der Waals surface area contributed by atoms with Crippen molar-refractivity contribution < 1.29 is 17.0 Å². The maximum atomic E-state index is 13.9. The maximum absolute atomic E-state index is 13.9. The van der Waals surface area contributed by atoms with E-state index in [1.165, 1.54) is 0 Å². The molecular formula is C23H42NaO4PS. The Morgan fingerprint density at radius 1 is 0.867 bits per heavy atom. The van der Waals surface area contributed by atoms with E-state index in [2.05, 4.69) is 27.7 Å². The molecule has 170 valence electrons. The van der Waals surface area contributed by atoms with E-state index in [1.807, 2.05) is 6.07 Å². The fraction of sp³-hybridized carbons (Fsp3) is 0.739. The van der Waals surface area contributed by atoms with Crippen molar-refractivity contribution in [3.8, 4) is 0 Å². The summed E-state index contributed by atoms with van der Waals surface area (Å²) >= 11 is 0. The van der Waals surface area contributed by atoms with Crippen LogP contribution in [0.3, 0.4) is 0 Å². The molecule has 2 unspecified atom stereocenters. The Hall–Kier alpha value is 0.360. The van der Waals surface area contributed by atoms with Crippen LogP contribution in [0.2, 0.25) is 0 Å². The van der Waals surface area contributed by atoms with Crippen LogP contribution in [0, 0.1) is 11.8 Å². The first-order valence-electron chi connectivity index (χ1n) is 11.3. The Balaban J connectivity index is 0.00000841. The summed E-state index contributed by atoms with van der Waals surface area (Å²) in [5, 5.41) is 0. The minimum atomic E-state index is -3.90. The summed E-state index contributed by atoms with van der Waals surface area (Å²) in [6.45, 7) is 8.48. The second kappa shape index (κ2) is 16.0. The number of unbranched alkanes of at least 4 members (excludes halogenated alkanes) is 2. The first kappa shape index (κ1) is 30.4. The molecule has 2 atom stereocenters. The van der Waals surface area contributed by atoms with Crippen LogP contribution in [-0.2, 0) is 24.4 Å². The van der Waals surface area contributed by atoms with E-state index in [4.69, 9.17) is 3.97 Å². The van der Waals surface area contributed by atoms with Crippen LogP contribution in [0.4, 0.5) is 0 Å². The molecule has 0 aliphatic rings. The molecule has 0 radical (unpaired) electrons. The van der Waals surface area contributed by atoms with Gasteiger partial charge in [-0.05, 0) is 30.2 Å². The minimum absolute atomic E-state index is 0. The second-order valence-corrected chi connectivity index (χ2v) is 12.6. The Kier molecular flexibility index (Phi) is 16.2. The van der Waals surface area contributed by atoms with Gasteiger partial charge in [0.25, 0.3) is 10.1 Å². The zero-order valence-electron chi connectivity index (χ0n) is 18.8. The van der Waals surface area contributed by atoms with Crippen molar-refractivity contribution >= 4 is 47.0 Å². The fourth-order valence-corrected chi connectivity index (χ4v) is 9.33. The van der Waals surface area contributed by atoms with Gasteiger partial charge in [0.15, 0.2) is 0 Å². The predicted molar refractivity (Wildman–Crippen MR) is 131 cm³/mol. The topological polar surface area (TPSA) is 60.4 Å². The predicted octanol–water partition coefficient (Wildman–Crippen LogP) is 6.60. The molecule has 0 amide bonds. The van der Waals surface area contributed by atoms with Gasteiger partial charge >= 0.3 is 29.6 Å². The van der Waals surface area contributed by atoms with Crippen LogP contribution in [0.1, 0.15) is 84.6 Å². The van der Waals surface area contributed by atoms with Crippen molar-refractivity contribution in [3.63, 3.8) is 0 Å². The van der Waals surface area contributed by atoms with E-state index in [0.717, 1.165) is 51.4 Å². The summed E-state index contributed by atoms with van der Waals surface area (Å²) in [7, 11) is -7.20. The van der Waals surface area contributed by atoms with Gasteiger partial charge in [-0.25, -0.2) is 3.97 Å². The van der Waals surface area contributed by atoms with Gasteiger partial charge in [-0.1, -0.05) is 96.6 Å². The summed E-state index contributed by atoms with van der Waals surface area (Å²) in [5.41, 5.74) is 0.662. The van der Waals surface area contributed by atoms with Crippen molar-refractivity contribution in [1.82, 2.24) is 0 Å². The molecule has 0 aromatic heterocycles. The summed E-state index contributed by atoms with van der Waals surface area (Å²) in [6.07, 6.45) is 8.82. The molecule has 0 saturated carbocycles. The van der Waals surface area contributed by atoms with Crippen LogP contribution in [-0.4, -0.2) is 50.3 Å². The number of benzene rings is 1. The monoisotopic (exact) mass is 468 g/mol. The van der Waals surface area contributed by atoms with E-state index >= 15 is 0 Å². The molecule has 30 heavy (non-hydrogen) atoms. The molecule has 1 rings (SSSR count). The quantitative estimate of drug-likeness (QED) is 0.203. The van der Waals surface area contributed by atoms with Crippen LogP contribution in [0.25, 0.3) is 0 Å². The van der Waals surface area contributed by atoms with Crippen molar-refractivity contribution in [3.05, 3.63) is 35.9 Å². The molecule has 0 fully saturated rings. The van der Waals surface area contributed by atoms with Gasteiger partial charge in [0.05, 0.1) is 0 Å². The SMILES string of the molecule is CCCCC(CC)CP(=O)(CC(CC)CCCC)OS(=O)(=O)Cc1ccccc1.[NaH].